The van der Waals surface area contributed by atoms with Gasteiger partial charge >= 0.3 is 6.18 Å². The molecule has 0 saturated carbocycles. The minimum Gasteiger partial charge on any atom is -0.295 e. The van der Waals surface area contributed by atoms with Crippen LogP contribution in [0.1, 0.15) is 37.0 Å². The maximum Gasteiger partial charge on any atom is 0.417 e. The number of amides is 1. The molecule has 3 rings (SSSR count). The maximum absolute atomic E-state index is 13.2. The molecule has 27 heavy (non-hydrogen) atoms. The molecule has 1 amide bonds. The number of hydrogen-bond acceptors (Lipinski definition) is 6. The molecule has 0 aliphatic carbocycles. The van der Waals surface area contributed by atoms with Crippen LogP contribution in [0.2, 0.25) is 0 Å². The Hall–Kier alpha value is -2.82. The van der Waals surface area contributed by atoms with E-state index >= 15 is 0 Å². The molecule has 1 aromatic carbocycles. The molecule has 2 aromatic heterocycles. The number of alkyl halides is 3. The zero-order valence-electron chi connectivity index (χ0n) is 14.6. The summed E-state index contributed by atoms with van der Waals surface area (Å²) in [5.74, 6) is -0.798. The van der Waals surface area contributed by atoms with Crippen molar-refractivity contribution in [1.29, 1.82) is 0 Å². The number of tetrazole rings is 1. The predicted molar refractivity (Wildman–Crippen MR) is 93.3 cm³/mol. The molecule has 3 aromatic rings. The topological polar surface area (TPSA) is 85.6 Å². The van der Waals surface area contributed by atoms with Gasteiger partial charge in [0.15, 0.2) is 5.13 Å². The van der Waals surface area contributed by atoms with Crippen molar-refractivity contribution in [2.75, 3.05) is 5.32 Å². The van der Waals surface area contributed by atoms with Crippen molar-refractivity contribution in [3.63, 3.8) is 0 Å². The largest absolute Gasteiger partial charge is 0.417 e. The molecular weight excluding hydrogens is 381 g/mol. The van der Waals surface area contributed by atoms with Crippen molar-refractivity contribution in [3.8, 4) is 11.3 Å². The molecule has 0 atom stereocenters. The second-order valence-electron chi connectivity index (χ2n) is 6.61. The quantitative estimate of drug-likeness (QED) is 0.727. The van der Waals surface area contributed by atoms with Gasteiger partial charge in [-0.2, -0.15) is 18.0 Å². The first-order valence-electron chi connectivity index (χ1n) is 7.79. The normalized spacial score (nSPS) is 12.2. The molecule has 0 saturated heterocycles. The number of nitrogens with one attached hydrogen (secondary N) is 1. The number of carbonyl (C=O) groups excluding carboxylic acids is 1. The fourth-order valence-electron chi connectivity index (χ4n) is 2.15. The van der Waals surface area contributed by atoms with Crippen molar-refractivity contribution < 1.29 is 18.0 Å². The summed E-state index contributed by atoms with van der Waals surface area (Å²) in [6, 6.07) is 5.13. The van der Waals surface area contributed by atoms with E-state index in [0.717, 1.165) is 17.4 Å². The monoisotopic (exact) mass is 396 g/mol. The van der Waals surface area contributed by atoms with Crippen molar-refractivity contribution in [2.24, 2.45) is 0 Å². The van der Waals surface area contributed by atoms with Crippen LogP contribution in [0.3, 0.4) is 0 Å². The van der Waals surface area contributed by atoms with Crippen LogP contribution in [0.4, 0.5) is 18.3 Å². The third-order valence-electron chi connectivity index (χ3n) is 3.45. The average Bonchev–Trinajstić information content (AvgIpc) is 3.23. The van der Waals surface area contributed by atoms with Gasteiger partial charge in [-0.05, 0) is 32.1 Å². The van der Waals surface area contributed by atoms with E-state index < -0.39 is 23.2 Å². The van der Waals surface area contributed by atoms with E-state index in [9.17, 15) is 18.0 Å². The van der Waals surface area contributed by atoms with Crippen LogP contribution in [0.5, 0.6) is 0 Å². The fourth-order valence-corrected chi connectivity index (χ4v) is 2.86. The molecule has 0 bridgehead atoms. The van der Waals surface area contributed by atoms with Gasteiger partial charge in [-0.25, -0.2) is 4.98 Å². The number of rotatable bonds is 3. The predicted octanol–water partition coefficient (Wildman–Crippen LogP) is 3.82. The number of aromatic nitrogens is 5. The standard InChI is InChI=1S/C16H15F3N6OS/c1-15(2,3)25-23-12(22-24-25)13(26)21-14-20-11(8-27-14)9-6-4-5-7-10(9)16(17,18)19/h4-8H,1-3H3,(H,20,21,26). The Labute approximate surface area is 156 Å². The van der Waals surface area contributed by atoms with E-state index in [0.29, 0.717) is 0 Å². The number of anilines is 1. The first-order valence-corrected chi connectivity index (χ1v) is 8.67. The van der Waals surface area contributed by atoms with Crippen molar-refractivity contribution in [3.05, 3.63) is 41.0 Å². The van der Waals surface area contributed by atoms with Gasteiger partial charge in [-0.3, -0.25) is 10.1 Å². The zero-order chi connectivity index (χ0) is 19.8. The Morgan fingerprint density at radius 1 is 1.19 bits per heavy atom. The number of halogens is 3. The first kappa shape index (κ1) is 19.0. The number of hydrogen-bond donors (Lipinski definition) is 1. The zero-order valence-corrected chi connectivity index (χ0v) is 15.4. The minimum absolute atomic E-state index is 0.0569. The molecule has 1 N–H and O–H groups in total. The second-order valence-corrected chi connectivity index (χ2v) is 7.47. The smallest absolute Gasteiger partial charge is 0.295 e. The van der Waals surface area contributed by atoms with Gasteiger partial charge in [-0.15, -0.1) is 21.5 Å². The van der Waals surface area contributed by atoms with Gasteiger partial charge in [0.05, 0.1) is 16.8 Å². The Morgan fingerprint density at radius 3 is 2.52 bits per heavy atom. The SMILES string of the molecule is CC(C)(C)n1nnc(C(=O)Nc2nc(-c3ccccc3C(F)(F)F)cs2)n1. The lowest BCUT2D eigenvalue weighted by atomic mass is 10.1. The Morgan fingerprint density at radius 2 is 1.89 bits per heavy atom. The van der Waals surface area contributed by atoms with Crippen LogP contribution in [0, 0.1) is 0 Å². The van der Waals surface area contributed by atoms with Crippen molar-refractivity contribution in [1.82, 2.24) is 25.2 Å². The lowest BCUT2D eigenvalue weighted by Crippen LogP contribution is -2.25. The number of benzene rings is 1. The molecule has 2 heterocycles. The molecule has 0 aliphatic heterocycles. The molecule has 0 spiro atoms. The Bertz CT molecular complexity index is 973. The molecule has 0 unspecified atom stereocenters. The summed E-state index contributed by atoms with van der Waals surface area (Å²) in [6.45, 7) is 5.55. The molecule has 0 fully saturated rings. The van der Waals surface area contributed by atoms with Gasteiger partial charge in [-0.1, -0.05) is 18.2 Å². The van der Waals surface area contributed by atoms with Gasteiger partial charge < -0.3 is 0 Å². The summed E-state index contributed by atoms with van der Waals surface area (Å²) in [5, 5.41) is 15.6. The van der Waals surface area contributed by atoms with Crippen molar-refractivity contribution >= 4 is 22.4 Å². The molecule has 0 aliphatic rings. The van der Waals surface area contributed by atoms with Crippen LogP contribution >= 0.6 is 11.3 Å². The van der Waals surface area contributed by atoms with E-state index in [1.165, 1.54) is 28.4 Å². The summed E-state index contributed by atoms with van der Waals surface area (Å²) < 4.78 is 39.5. The summed E-state index contributed by atoms with van der Waals surface area (Å²) >= 11 is 1.01. The Balaban J connectivity index is 1.81. The minimum atomic E-state index is -4.50. The van der Waals surface area contributed by atoms with Crippen LogP contribution in [0.25, 0.3) is 11.3 Å². The van der Waals surface area contributed by atoms with Crippen LogP contribution in [-0.2, 0) is 11.7 Å². The summed E-state index contributed by atoms with van der Waals surface area (Å²) in [7, 11) is 0. The molecule has 0 radical (unpaired) electrons. The van der Waals surface area contributed by atoms with E-state index in [1.54, 1.807) is 0 Å². The number of nitrogens with zero attached hydrogens (tertiary/aromatic N) is 5. The maximum atomic E-state index is 13.2. The highest BCUT2D eigenvalue weighted by atomic mass is 32.1. The summed E-state index contributed by atoms with van der Waals surface area (Å²) in [5.41, 5.74) is -1.17. The highest BCUT2D eigenvalue weighted by molar-refractivity contribution is 7.14. The first-order chi connectivity index (χ1) is 12.6. The third kappa shape index (κ3) is 4.13. The van der Waals surface area contributed by atoms with Gasteiger partial charge in [0, 0.05) is 10.9 Å². The second kappa shape index (κ2) is 6.72. The average molecular weight is 396 g/mol. The Kier molecular flexibility index (Phi) is 4.72. The van der Waals surface area contributed by atoms with Gasteiger partial charge in [0.2, 0.25) is 0 Å². The third-order valence-corrected chi connectivity index (χ3v) is 4.21. The van der Waals surface area contributed by atoms with E-state index in [4.69, 9.17) is 0 Å². The van der Waals surface area contributed by atoms with Gasteiger partial charge in [0.1, 0.15) is 0 Å². The summed E-state index contributed by atoms with van der Waals surface area (Å²) in [6.07, 6.45) is -4.50. The number of carbonyl (C=O) groups is 1. The number of thiazole rings is 1. The molecule has 11 heteroatoms. The highest BCUT2D eigenvalue weighted by Gasteiger charge is 2.34. The lowest BCUT2D eigenvalue weighted by Gasteiger charge is -2.15. The van der Waals surface area contributed by atoms with Crippen LogP contribution in [0.15, 0.2) is 29.6 Å². The van der Waals surface area contributed by atoms with Crippen LogP contribution in [-0.4, -0.2) is 31.1 Å². The molecule has 7 nitrogen and oxygen atoms in total. The lowest BCUT2D eigenvalue weighted by molar-refractivity contribution is -0.137. The van der Waals surface area contributed by atoms with Gasteiger partial charge in [0.25, 0.3) is 11.7 Å². The summed E-state index contributed by atoms with van der Waals surface area (Å²) in [4.78, 5) is 17.6. The molecule has 142 valence electrons. The van der Waals surface area contributed by atoms with E-state index in [1.807, 2.05) is 20.8 Å². The highest BCUT2D eigenvalue weighted by Crippen LogP contribution is 2.37. The van der Waals surface area contributed by atoms with Crippen LogP contribution < -0.4 is 5.32 Å². The van der Waals surface area contributed by atoms with E-state index in [2.05, 4.69) is 25.7 Å². The fraction of sp³-hybridized carbons (Fsp3) is 0.312. The molecular formula is C16H15F3N6OS. The van der Waals surface area contributed by atoms with Crippen molar-refractivity contribution in [2.45, 2.75) is 32.5 Å². The van der Waals surface area contributed by atoms with E-state index in [-0.39, 0.29) is 22.2 Å².